The number of rotatable bonds is 2. The lowest BCUT2D eigenvalue weighted by Gasteiger charge is -2.38. The number of anilines is 2. The Hall–Kier alpha value is -1.78. The predicted octanol–water partition coefficient (Wildman–Crippen LogP) is 1.36. The summed E-state index contributed by atoms with van der Waals surface area (Å²) in [5, 5.41) is 27.4. The molecule has 1 aliphatic rings. The highest BCUT2D eigenvalue weighted by Gasteiger charge is 2.32. The van der Waals surface area contributed by atoms with Crippen LogP contribution in [0.25, 0.3) is 10.8 Å². The summed E-state index contributed by atoms with van der Waals surface area (Å²) in [4.78, 5) is 0. The van der Waals surface area contributed by atoms with E-state index in [1.165, 1.54) is 0 Å². The highest BCUT2D eigenvalue weighted by molar-refractivity contribution is 6.05. The smallest absolute Gasteiger partial charge is 0.155 e. The number of aliphatic hydroxyl groups is 2. The molecule has 0 aliphatic carbocycles. The maximum absolute atomic E-state index is 9.44. The maximum atomic E-state index is 9.44. The van der Waals surface area contributed by atoms with E-state index in [1.54, 1.807) is 0 Å². The molecule has 0 spiro atoms. The molecule has 88 valence electrons. The molecule has 1 aliphatic heterocycles. The average Bonchev–Trinajstić information content (AvgIpc) is 2.39. The van der Waals surface area contributed by atoms with Crippen molar-refractivity contribution in [3.05, 3.63) is 36.4 Å². The molecule has 0 amide bonds. The van der Waals surface area contributed by atoms with Crippen LogP contribution in [-0.2, 0) is 0 Å². The van der Waals surface area contributed by atoms with E-state index in [0.29, 0.717) is 0 Å². The van der Waals surface area contributed by atoms with Crippen LogP contribution in [0.4, 0.5) is 11.4 Å². The molecule has 0 bridgehead atoms. The molecule has 0 radical (unpaired) electrons. The van der Waals surface area contributed by atoms with Gasteiger partial charge in [0.2, 0.25) is 0 Å². The molecule has 2 aromatic carbocycles. The standard InChI is InChI=1S/C13H14N2O2/c16-7-13(8-17)14-10-5-1-3-9-4-2-6-11(15-13)12(9)10/h1-6,14-17H,7-8H2. The van der Waals surface area contributed by atoms with E-state index < -0.39 is 5.66 Å². The first-order chi connectivity index (χ1) is 8.28. The van der Waals surface area contributed by atoms with E-state index in [9.17, 15) is 10.2 Å². The van der Waals surface area contributed by atoms with E-state index >= 15 is 0 Å². The van der Waals surface area contributed by atoms with Crippen LogP contribution in [-0.4, -0.2) is 29.1 Å². The van der Waals surface area contributed by atoms with Gasteiger partial charge in [0.05, 0.1) is 13.2 Å². The molecular formula is C13H14N2O2. The second-order valence-electron chi connectivity index (χ2n) is 4.36. The van der Waals surface area contributed by atoms with Crippen molar-refractivity contribution < 1.29 is 10.2 Å². The number of aliphatic hydroxyl groups excluding tert-OH is 2. The number of hydrogen-bond donors (Lipinski definition) is 4. The van der Waals surface area contributed by atoms with Gasteiger partial charge in [-0.25, -0.2) is 0 Å². The SMILES string of the molecule is OCC1(CO)Nc2cccc3cccc(c23)N1. The summed E-state index contributed by atoms with van der Waals surface area (Å²) in [5.74, 6) is 0. The molecular weight excluding hydrogens is 216 g/mol. The van der Waals surface area contributed by atoms with Crippen LogP contribution in [0.5, 0.6) is 0 Å². The van der Waals surface area contributed by atoms with Crippen molar-refractivity contribution in [2.45, 2.75) is 5.66 Å². The van der Waals surface area contributed by atoms with Crippen molar-refractivity contribution in [1.82, 2.24) is 0 Å². The fourth-order valence-corrected chi connectivity index (χ4v) is 2.30. The molecule has 0 atom stereocenters. The van der Waals surface area contributed by atoms with Gasteiger partial charge in [-0.1, -0.05) is 24.3 Å². The van der Waals surface area contributed by atoms with Gasteiger partial charge in [0.25, 0.3) is 0 Å². The van der Waals surface area contributed by atoms with Gasteiger partial charge in [0.1, 0.15) is 0 Å². The van der Waals surface area contributed by atoms with Crippen molar-refractivity contribution in [3.63, 3.8) is 0 Å². The molecule has 1 heterocycles. The van der Waals surface area contributed by atoms with E-state index in [1.807, 2.05) is 36.4 Å². The zero-order chi connectivity index (χ0) is 11.9. The summed E-state index contributed by atoms with van der Waals surface area (Å²) in [6.45, 7) is -0.373. The molecule has 0 aromatic heterocycles. The summed E-state index contributed by atoms with van der Waals surface area (Å²) in [5.41, 5.74) is 0.975. The first-order valence-electron chi connectivity index (χ1n) is 5.58. The molecule has 4 N–H and O–H groups in total. The monoisotopic (exact) mass is 230 g/mol. The third kappa shape index (κ3) is 1.45. The molecule has 0 unspecified atom stereocenters. The largest absolute Gasteiger partial charge is 0.392 e. The quantitative estimate of drug-likeness (QED) is 0.629. The third-order valence-corrected chi connectivity index (χ3v) is 3.19. The van der Waals surface area contributed by atoms with E-state index in [0.717, 1.165) is 22.1 Å². The maximum Gasteiger partial charge on any atom is 0.155 e. The van der Waals surface area contributed by atoms with Gasteiger partial charge in [-0.3, -0.25) is 0 Å². The van der Waals surface area contributed by atoms with Crippen LogP contribution in [0.15, 0.2) is 36.4 Å². The molecule has 2 aromatic rings. The van der Waals surface area contributed by atoms with Crippen LogP contribution < -0.4 is 10.6 Å². The van der Waals surface area contributed by atoms with E-state index in [4.69, 9.17) is 0 Å². The second kappa shape index (κ2) is 3.61. The molecule has 0 saturated heterocycles. The number of nitrogens with one attached hydrogen (secondary N) is 2. The first-order valence-corrected chi connectivity index (χ1v) is 5.58. The third-order valence-electron chi connectivity index (χ3n) is 3.19. The Bertz CT molecular complexity index is 522. The lowest BCUT2D eigenvalue weighted by Crippen LogP contribution is -2.54. The number of hydrogen-bond acceptors (Lipinski definition) is 4. The van der Waals surface area contributed by atoms with Gasteiger partial charge in [0, 0.05) is 16.8 Å². The van der Waals surface area contributed by atoms with Crippen LogP contribution in [0.1, 0.15) is 0 Å². The van der Waals surface area contributed by atoms with Crippen LogP contribution in [0, 0.1) is 0 Å². The van der Waals surface area contributed by atoms with Gasteiger partial charge >= 0.3 is 0 Å². The molecule has 0 fully saturated rings. The van der Waals surface area contributed by atoms with Crippen molar-refractivity contribution >= 4 is 22.1 Å². The Morgan fingerprint density at radius 3 is 1.88 bits per heavy atom. The topological polar surface area (TPSA) is 64.5 Å². The Morgan fingerprint density at radius 2 is 1.41 bits per heavy atom. The summed E-state index contributed by atoms with van der Waals surface area (Å²) >= 11 is 0. The van der Waals surface area contributed by atoms with Gasteiger partial charge < -0.3 is 20.8 Å². The lowest BCUT2D eigenvalue weighted by atomic mass is 10.0. The molecule has 17 heavy (non-hydrogen) atoms. The van der Waals surface area contributed by atoms with E-state index in [-0.39, 0.29) is 13.2 Å². The van der Waals surface area contributed by atoms with Crippen LogP contribution in [0.3, 0.4) is 0 Å². The summed E-state index contributed by atoms with van der Waals surface area (Å²) in [7, 11) is 0. The Balaban J connectivity index is 2.23. The van der Waals surface area contributed by atoms with Gasteiger partial charge in [0.15, 0.2) is 5.66 Å². The Morgan fingerprint density at radius 1 is 0.882 bits per heavy atom. The minimum Gasteiger partial charge on any atom is -0.392 e. The van der Waals surface area contributed by atoms with E-state index in [2.05, 4.69) is 10.6 Å². The normalized spacial score (nSPS) is 16.4. The van der Waals surface area contributed by atoms with Gasteiger partial charge in [-0.05, 0) is 17.5 Å². The van der Waals surface area contributed by atoms with Crippen molar-refractivity contribution in [3.8, 4) is 0 Å². The van der Waals surface area contributed by atoms with Gasteiger partial charge in [-0.2, -0.15) is 0 Å². The van der Waals surface area contributed by atoms with Crippen molar-refractivity contribution in [1.29, 1.82) is 0 Å². The minimum absolute atomic E-state index is 0.186. The van der Waals surface area contributed by atoms with Crippen LogP contribution in [0.2, 0.25) is 0 Å². The molecule has 4 heteroatoms. The first kappa shape index (κ1) is 10.4. The highest BCUT2D eigenvalue weighted by atomic mass is 16.3. The lowest BCUT2D eigenvalue weighted by molar-refractivity contribution is 0.152. The fourth-order valence-electron chi connectivity index (χ4n) is 2.30. The molecule has 0 saturated carbocycles. The molecule has 3 rings (SSSR count). The predicted molar refractivity (Wildman–Crippen MR) is 68.1 cm³/mol. The highest BCUT2D eigenvalue weighted by Crippen LogP contribution is 2.37. The zero-order valence-electron chi connectivity index (χ0n) is 9.27. The van der Waals surface area contributed by atoms with Gasteiger partial charge in [-0.15, -0.1) is 0 Å². The minimum atomic E-state index is -0.886. The second-order valence-corrected chi connectivity index (χ2v) is 4.36. The van der Waals surface area contributed by atoms with Crippen LogP contribution >= 0.6 is 0 Å². The number of benzene rings is 2. The average molecular weight is 230 g/mol. The fraction of sp³-hybridized carbons (Fsp3) is 0.231. The zero-order valence-corrected chi connectivity index (χ0v) is 9.27. The van der Waals surface area contributed by atoms with Crippen molar-refractivity contribution in [2.24, 2.45) is 0 Å². The summed E-state index contributed by atoms with van der Waals surface area (Å²) in [6, 6.07) is 11.9. The Kier molecular flexibility index (Phi) is 2.21. The Labute approximate surface area is 98.9 Å². The van der Waals surface area contributed by atoms with Crippen molar-refractivity contribution in [2.75, 3.05) is 23.8 Å². The molecule has 4 nitrogen and oxygen atoms in total. The summed E-state index contributed by atoms with van der Waals surface area (Å²) < 4.78 is 0. The summed E-state index contributed by atoms with van der Waals surface area (Å²) in [6.07, 6.45) is 0.